The summed E-state index contributed by atoms with van der Waals surface area (Å²) in [6.07, 6.45) is 12.4. The topological polar surface area (TPSA) is 58.6 Å². The first-order chi connectivity index (χ1) is 16.4. The molecule has 9 heteroatoms. The molecule has 0 bridgehead atoms. The second kappa shape index (κ2) is 8.01. The van der Waals surface area contributed by atoms with Crippen molar-refractivity contribution < 1.29 is 19.7 Å². The highest BCUT2D eigenvalue weighted by molar-refractivity contribution is 7.98. The van der Waals surface area contributed by atoms with E-state index in [-0.39, 0.29) is 37.0 Å². The molecule has 3 saturated heterocycles. The number of carbonyl (C=O) groups excluding carboxylic acids is 1. The van der Waals surface area contributed by atoms with E-state index < -0.39 is 17.2 Å². The van der Waals surface area contributed by atoms with Crippen molar-refractivity contribution in [2.24, 2.45) is 17.8 Å². The Morgan fingerprint density at radius 2 is 1.97 bits per heavy atom. The number of rotatable bonds is 4. The van der Waals surface area contributed by atoms with E-state index in [1.807, 2.05) is 23.5 Å². The Balaban J connectivity index is 0.00000253. The van der Waals surface area contributed by atoms with Crippen LogP contribution >= 0.6 is 11.8 Å². The predicted octanol–water partition coefficient (Wildman–Crippen LogP) is 4.88. The largest absolute Gasteiger partial charge is 0.341 e. The zero-order valence-corrected chi connectivity index (χ0v) is 20.4. The van der Waals surface area contributed by atoms with Crippen molar-refractivity contribution in [2.45, 2.75) is 67.7 Å². The summed E-state index contributed by atoms with van der Waals surface area (Å²) in [6, 6.07) is -0.0246. The van der Waals surface area contributed by atoms with Crippen molar-refractivity contribution in [3.8, 4) is 0 Å². The first-order valence-corrected chi connectivity index (χ1v) is 13.5. The highest BCUT2D eigenvalue weighted by Gasteiger charge is 2.67. The van der Waals surface area contributed by atoms with Crippen LogP contribution in [0.5, 0.6) is 0 Å². The zero-order chi connectivity index (χ0) is 23.7. The fraction of sp³-hybridized carbons (Fsp3) is 0.640. The first-order valence-electron chi connectivity index (χ1n) is 12.3. The molecule has 34 heavy (non-hydrogen) atoms. The maximum absolute atomic E-state index is 14.2. The number of nitrogens with zero attached hydrogens (tertiary/aromatic N) is 4. The quantitative estimate of drug-likeness (QED) is 0.561. The van der Waals surface area contributed by atoms with Gasteiger partial charge in [-0.2, -0.15) is 0 Å². The molecule has 3 aliphatic heterocycles. The number of amides is 1. The second-order valence-corrected chi connectivity index (χ2v) is 11.1. The van der Waals surface area contributed by atoms with E-state index in [1.165, 1.54) is 0 Å². The number of allylic oxidation sites excluding steroid dienone is 4. The molecule has 2 aliphatic carbocycles. The monoisotopic (exact) mass is 490 g/mol. The summed E-state index contributed by atoms with van der Waals surface area (Å²) in [5, 5.41) is 0. The van der Waals surface area contributed by atoms with Gasteiger partial charge in [-0.05, 0) is 49.9 Å². The molecule has 4 heterocycles. The number of aromatic nitrogens is 2. The Kier molecular flexibility index (Phi) is 5.30. The number of carbonyl (C=O) groups is 1. The molecular formula is C25H32F2N4O2S. The highest BCUT2D eigenvalue weighted by atomic mass is 32.2. The molecule has 3 unspecified atom stereocenters. The van der Waals surface area contributed by atoms with Crippen LogP contribution in [-0.2, 0) is 9.53 Å². The van der Waals surface area contributed by atoms with Crippen molar-refractivity contribution in [1.82, 2.24) is 14.9 Å². The molecule has 1 saturated carbocycles. The van der Waals surface area contributed by atoms with Crippen molar-refractivity contribution in [2.75, 3.05) is 24.2 Å². The van der Waals surface area contributed by atoms with Gasteiger partial charge in [0.25, 0.3) is 5.91 Å². The van der Waals surface area contributed by atoms with E-state index in [2.05, 4.69) is 21.8 Å². The van der Waals surface area contributed by atoms with Crippen LogP contribution in [0.1, 0.15) is 46.9 Å². The third-order valence-electron chi connectivity index (χ3n) is 8.81. The molecule has 1 aromatic heterocycles. The van der Waals surface area contributed by atoms with E-state index in [0.717, 1.165) is 30.2 Å². The van der Waals surface area contributed by atoms with Gasteiger partial charge >= 0.3 is 0 Å². The Bertz CT molecular complexity index is 1060. The predicted molar refractivity (Wildman–Crippen MR) is 128 cm³/mol. The minimum absolute atomic E-state index is 0. The zero-order valence-electron chi connectivity index (χ0n) is 19.5. The standard InChI is InChI=1S/C25H30F2N4O2S.H2/c1-3-25-5-4-21(19-12-18-17(19)10-15(26)11-20(18)27)31(25)22(32)24(33-25)6-8-30(9-7-24)23-28-13-16(34-2)14-29-23;/h10-11,13-14,17-19,21H,3-9,12H2,1-2H3;1H/t17?,18?,19?,21-,25+;/m0./s1. The van der Waals surface area contributed by atoms with E-state index in [1.54, 1.807) is 17.8 Å². The minimum Gasteiger partial charge on any atom is -0.341 e. The van der Waals surface area contributed by atoms with Gasteiger partial charge in [0.05, 0.1) is 0 Å². The molecule has 1 spiro atoms. The third kappa shape index (κ3) is 3.19. The molecule has 0 aromatic carbocycles. The molecule has 1 aromatic rings. The fourth-order valence-electron chi connectivity index (χ4n) is 6.91. The molecule has 184 valence electrons. The Morgan fingerprint density at radius 1 is 1.24 bits per heavy atom. The molecular weight excluding hydrogens is 458 g/mol. The van der Waals surface area contributed by atoms with Crippen LogP contribution in [0.3, 0.4) is 0 Å². The third-order valence-corrected chi connectivity index (χ3v) is 9.50. The van der Waals surface area contributed by atoms with Crippen LogP contribution in [0.25, 0.3) is 0 Å². The van der Waals surface area contributed by atoms with Crippen LogP contribution in [0.4, 0.5) is 14.7 Å². The van der Waals surface area contributed by atoms with Crippen molar-refractivity contribution in [3.05, 3.63) is 36.2 Å². The van der Waals surface area contributed by atoms with Gasteiger partial charge in [-0.3, -0.25) is 4.79 Å². The number of ether oxygens (including phenoxy) is 1. The maximum atomic E-state index is 14.2. The number of piperidine rings is 1. The van der Waals surface area contributed by atoms with Gasteiger partial charge in [-0.1, -0.05) is 6.92 Å². The second-order valence-electron chi connectivity index (χ2n) is 10.3. The van der Waals surface area contributed by atoms with Crippen molar-refractivity contribution in [1.29, 1.82) is 0 Å². The lowest BCUT2D eigenvalue weighted by atomic mass is 9.59. The number of hydrogen-bond donors (Lipinski definition) is 0. The molecule has 4 fully saturated rings. The van der Waals surface area contributed by atoms with Crippen LogP contribution in [-0.4, -0.2) is 57.5 Å². The summed E-state index contributed by atoms with van der Waals surface area (Å²) in [4.78, 5) is 28.1. The average Bonchev–Trinajstić information content (AvgIpc) is 3.30. The van der Waals surface area contributed by atoms with Gasteiger partial charge in [-0.25, -0.2) is 18.7 Å². The normalized spacial score (nSPS) is 36.2. The van der Waals surface area contributed by atoms with Crippen molar-refractivity contribution >= 4 is 23.6 Å². The van der Waals surface area contributed by atoms with Gasteiger partial charge in [0.1, 0.15) is 17.4 Å². The average molecular weight is 491 g/mol. The van der Waals surface area contributed by atoms with Gasteiger partial charge in [0.2, 0.25) is 5.95 Å². The molecule has 5 aliphatic rings. The Hall–Kier alpha value is -2.00. The lowest BCUT2D eigenvalue weighted by molar-refractivity contribution is -0.147. The molecule has 0 radical (unpaired) electrons. The smallest absolute Gasteiger partial charge is 0.257 e. The number of fused-ring (bicyclic) bond motifs is 2. The van der Waals surface area contributed by atoms with Crippen LogP contribution < -0.4 is 4.90 Å². The van der Waals surface area contributed by atoms with E-state index in [4.69, 9.17) is 4.74 Å². The summed E-state index contributed by atoms with van der Waals surface area (Å²) in [5.74, 6) is -0.442. The molecule has 1 amide bonds. The van der Waals surface area contributed by atoms with Crippen LogP contribution in [0.2, 0.25) is 0 Å². The number of hydrogen-bond acceptors (Lipinski definition) is 6. The van der Waals surface area contributed by atoms with Crippen LogP contribution in [0.15, 0.2) is 41.1 Å². The summed E-state index contributed by atoms with van der Waals surface area (Å²) in [5.41, 5.74) is -1.43. The molecule has 6 nitrogen and oxygen atoms in total. The van der Waals surface area contributed by atoms with Gasteiger partial charge in [0.15, 0.2) is 5.60 Å². The minimum atomic E-state index is -0.827. The molecule has 6 rings (SSSR count). The summed E-state index contributed by atoms with van der Waals surface area (Å²) < 4.78 is 34.9. The first kappa shape index (κ1) is 22.5. The van der Waals surface area contributed by atoms with Gasteiger partial charge in [-0.15, -0.1) is 11.8 Å². The maximum Gasteiger partial charge on any atom is 0.257 e. The fourth-order valence-corrected chi connectivity index (χ4v) is 7.22. The molecule has 5 atom stereocenters. The number of halogens is 2. The number of thioether (sulfide) groups is 1. The lowest BCUT2D eigenvalue weighted by Crippen LogP contribution is -2.55. The highest BCUT2D eigenvalue weighted by Crippen LogP contribution is 2.58. The van der Waals surface area contributed by atoms with E-state index >= 15 is 0 Å². The SMILES string of the molecule is CC[C@@]12CC[C@@H](C3CC4C(F)=CC(F)=CC43)N1C(=O)C1(CCN(c3ncc(SC)cn3)CC1)O2.[HH]. The van der Waals surface area contributed by atoms with Gasteiger partial charge < -0.3 is 14.5 Å². The van der Waals surface area contributed by atoms with Crippen LogP contribution in [0, 0.1) is 17.8 Å². The molecule has 0 N–H and O–H groups in total. The van der Waals surface area contributed by atoms with E-state index in [0.29, 0.717) is 38.3 Å². The summed E-state index contributed by atoms with van der Waals surface area (Å²) >= 11 is 1.61. The van der Waals surface area contributed by atoms with E-state index in [9.17, 15) is 13.6 Å². The lowest BCUT2D eigenvalue weighted by Gasteiger charge is -2.49. The Labute approximate surface area is 204 Å². The Morgan fingerprint density at radius 3 is 2.65 bits per heavy atom. The van der Waals surface area contributed by atoms with Crippen molar-refractivity contribution in [3.63, 3.8) is 0 Å². The van der Waals surface area contributed by atoms with Gasteiger partial charge in [0, 0.05) is 62.7 Å². The number of anilines is 1. The summed E-state index contributed by atoms with van der Waals surface area (Å²) in [6.45, 7) is 3.38. The summed E-state index contributed by atoms with van der Waals surface area (Å²) in [7, 11) is 0.